The van der Waals surface area contributed by atoms with Crippen molar-refractivity contribution in [3.8, 4) is 0 Å². The van der Waals surface area contributed by atoms with Gasteiger partial charge in [-0.1, -0.05) is 289 Å². The Kier molecular flexibility index (Phi) is 65.8. The molecule has 0 N–H and O–H groups in total. The number of carbonyl (C=O) groups excluding carboxylic acids is 3. The molecule has 0 amide bonds. The molecular weight excluding hydrogens is 1020 g/mol. The Morgan fingerprint density at radius 1 is 0.253 bits per heavy atom. The van der Waals surface area contributed by atoms with Crippen molar-refractivity contribution in [2.75, 3.05) is 13.2 Å². The number of unbranched alkanes of at least 4 members (excludes halogenated alkanes) is 26. The van der Waals surface area contributed by atoms with Crippen LogP contribution in [0.4, 0.5) is 0 Å². The minimum absolute atomic E-state index is 0.103. The van der Waals surface area contributed by atoms with Crippen LogP contribution < -0.4 is 0 Å². The highest BCUT2D eigenvalue weighted by Crippen LogP contribution is 2.16. The Bertz CT molecular complexity index is 1800. The third-order valence-corrected chi connectivity index (χ3v) is 14.3. The molecule has 0 spiro atoms. The van der Waals surface area contributed by atoms with Crippen molar-refractivity contribution >= 4 is 17.9 Å². The van der Waals surface area contributed by atoms with E-state index in [1.54, 1.807) is 0 Å². The molecule has 0 aromatic heterocycles. The van der Waals surface area contributed by atoms with Gasteiger partial charge in [0, 0.05) is 19.3 Å². The maximum absolute atomic E-state index is 12.9. The van der Waals surface area contributed by atoms with Crippen molar-refractivity contribution in [3.05, 3.63) is 146 Å². The maximum atomic E-state index is 12.9. The van der Waals surface area contributed by atoms with Gasteiger partial charge in [0.1, 0.15) is 13.2 Å². The normalized spacial score (nSPS) is 13.0. The fourth-order valence-electron chi connectivity index (χ4n) is 9.17. The fraction of sp³-hybridized carbons (Fsp3) is 0.649. The smallest absolute Gasteiger partial charge is 0.306 e. The summed E-state index contributed by atoms with van der Waals surface area (Å²) >= 11 is 0. The quantitative estimate of drug-likeness (QED) is 0.0261. The molecule has 1 atom stereocenters. The molecule has 0 rings (SSSR count). The first-order chi connectivity index (χ1) is 41.0. The lowest BCUT2D eigenvalue weighted by Crippen LogP contribution is -2.30. The lowest BCUT2D eigenvalue weighted by atomic mass is 10.0. The highest BCUT2D eigenvalue weighted by Gasteiger charge is 2.19. The first-order valence-corrected chi connectivity index (χ1v) is 34.3. The van der Waals surface area contributed by atoms with Gasteiger partial charge >= 0.3 is 17.9 Å². The van der Waals surface area contributed by atoms with E-state index >= 15 is 0 Å². The summed E-state index contributed by atoms with van der Waals surface area (Å²) < 4.78 is 16.9. The van der Waals surface area contributed by atoms with Crippen LogP contribution in [0, 0.1) is 0 Å². The predicted octanol–water partition coefficient (Wildman–Crippen LogP) is 23.9. The van der Waals surface area contributed by atoms with Gasteiger partial charge in [0.05, 0.1) is 0 Å². The molecule has 83 heavy (non-hydrogen) atoms. The monoisotopic (exact) mass is 1150 g/mol. The zero-order chi connectivity index (χ0) is 59.9. The van der Waals surface area contributed by atoms with E-state index in [-0.39, 0.29) is 31.1 Å². The second-order valence-corrected chi connectivity index (χ2v) is 22.3. The van der Waals surface area contributed by atoms with Crippen molar-refractivity contribution in [1.29, 1.82) is 0 Å². The van der Waals surface area contributed by atoms with Gasteiger partial charge in [0.2, 0.25) is 0 Å². The molecular formula is C77H126O6. The number of ether oxygens (including phenoxy) is 3. The number of rotatable bonds is 61. The molecule has 6 nitrogen and oxygen atoms in total. The maximum Gasteiger partial charge on any atom is 0.306 e. The molecule has 0 fully saturated rings. The summed E-state index contributed by atoms with van der Waals surface area (Å²) in [4.78, 5) is 38.4. The lowest BCUT2D eigenvalue weighted by Gasteiger charge is -2.18. The zero-order valence-corrected chi connectivity index (χ0v) is 53.9. The third kappa shape index (κ3) is 68.0. The topological polar surface area (TPSA) is 78.9 Å². The second-order valence-electron chi connectivity index (χ2n) is 22.3. The molecule has 0 saturated heterocycles. The van der Waals surface area contributed by atoms with Crippen LogP contribution in [0.15, 0.2) is 146 Å². The number of hydrogen-bond acceptors (Lipinski definition) is 6. The van der Waals surface area contributed by atoms with Crippen LogP contribution in [-0.2, 0) is 28.6 Å². The molecule has 0 aliphatic heterocycles. The molecule has 0 aromatic carbocycles. The van der Waals surface area contributed by atoms with Crippen LogP contribution in [0.2, 0.25) is 0 Å². The predicted molar refractivity (Wildman–Crippen MR) is 362 cm³/mol. The van der Waals surface area contributed by atoms with Gasteiger partial charge in [0.25, 0.3) is 0 Å². The first-order valence-electron chi connectivity index (χ1n) is 34.3. The minimum atomic E-state index is -0.810. The molecule has 0 bridgehead atoms. The molecule has 0 heterocycles. The largest absolute Gasteiger partial charge is 0.462 e. The van der Waals surface area contributed by atoms with Gasteiger partial charge in [-0.05, 0) is 141 Å². The summed E-state index contributed by atoms with van der Waals surface area (Å²) in [6, 6.07) is 0. The molecule has 470 valence electrons. The Morgan fingerprint density at radius 2 is 0.494 bits per heavy atom. The van der Waals surface area contributed by atoms with Crippen molar-refractivity contribution in [2.45, 2.75) is 309 Å². The van der Waals surface area contributed by atoms with Crippen molar-refractivity contribution < 1.29 is 28.6 Å². The Balaban J connectivity index is 4.41. The summed E-state index contributed by atoms with van der Waals surface area (Å²) in [6.07, 6.45) is 100. The summed E-state index contributed by atoms with van der Waals surface area (Å²) in [5.41, 5.74) is 0. The SMILES string of the molecule is CC/C=C\C/C=C\C/C=C\C/C=C\C/C=C\C/C=C\C/C=C\C/C=C\CCCCC(=O)OCC(COC(=O)CCCCCCC/C=C\C/C=C\CCC)OC(=O)CCCCCCCCCCCCCCC/C=C\C/C=C\CCCCCCC. The molecule has 0 saturated carbocycles. The standard InChI is InChI=1S/C77H126O6/c1-4-7-10-13-16-19-22-25-27-29-31-33-35-37-38-40-41-43-45-47-49-52-55-58-61-64-67-70-76(79)82-73-74(72-81-75(78)69-66-63-60-57-54-51-24-21-18-15-12-9-6-3)83-77(80)71-68-65-62-59-56-53-50-48-46-44-42-39-36-34-32-30-28-26-23-20-17-14-11-8-5-2/h7,10,12,15-16,19,21,23-27,30-33,37-38,41,43,47,49,55,58,74H,4-6,8-9,11,13-14,17-18,20,22,28-29,34-36,39-40,42,44-46,48,50-54,56-57,59-73H2,1-3H3/b10-7-,15-12-,19-16-,24-21-,26-23-,27-25-,32-30-,33-31-,38-37-,43-41-,49-47-,58-55-. The Hall–Kier alpha value is -4.71. The Labute approximate surface area is 512 Å². The van der Waals surface area contributed by atoms with Gasteiger partial charge in [-0.25, -0.2) is 0 Å². The number of allylic oxidation sites excluding steroid dienone is 24. The highest BCUT2D eigenvalue weighted by atomic mass is 16.6. The molecule has 6 heteroatoms. The molecule has 0 aliphatic rings. The van der Waals surface area contributed by atoms with E-state index in [2.05, 4.69) is 167 Å². The second kappa shape index (κ2) is 69.8. The molecule has 0 aromatic rings. The number of hydrogen-bond donors (Lipinski definition) is 0. The van der Waals surface area contributed by atoms with Crippen molar-refractivity contribution in [2.24, 2.45) is 0 Å². The summed E-state index contributed by atoms with van der Waals surface area (Å²) in [6.45, 7) is 6.42. The van der Waals surface area contributed by atoms with Gasteiger partial charge in [-0.3, -0.25) is 14.4 Å². The van der Waals surface area contributed by atoms with E-state index in [4.69, 9.17) is 14.2 Å². The van der Waals surface area contributed by atoms with Crippen molar-refractivity contribution in [1.82, 2.24) is 0 Å². The molecule has 0 radical (unpaired) electrons. The van der Waals surface area contributed by atoms with E-state index in [0.29, 0.717) is 25.7 Å². The van der Waals surface area contributed by atoms with Crippen LogP contribution in [0.5, 0.6) is 0 Å². The minimum Gasteiger partial charge on any atom is -0.462 e. The molecule has 1 unspecified atom stereocenters. The first kappa shape index (κ1) is 78.3. The number of carbonyl (C=O) groups is 3. The number of esters is 3. The van der Waals surface area contributed by atoms with Crippen LogP contribution in [0.25, 0.3) is 0 Å². The van der Waals surface area contributed by atoms with E-state index in [0.717, 1.165) is 141 Å². The summed E-state index contributed by atoms with van der Waals surface area (Å²) in [5, 5.41) is 0. The van der Waals surface area contributed by atoms with Gasteiger partial charge in [-0.2, -0.15) is 0 Å². The van der Waals surface area contributed by atoms with Gasteiger partial charge < -0.3 is 14.2 Å². The highest BCUT2D eigenvalue weighted by molar-refractivity contribution is 5.71. The van der Waals surface area contributed by atoms with Gasteiger partial charge in [0.15, 0.2) is 6.10 Å². The molecule has 0 aliphatic carbocycles. The summed E-state index contributed by atoms with van der Waals surface area (Å²) in [7, 11) is 0. The average Bonchev–Trinajstić information content (AvgIpc) is 3.49. The fourth-order valence-corrected chi connectivity index (χ4v) is 9.17. The summed E-state index contributed by atoms with van der Waals surface area (Å²) in [5.74, 6) is -0.959. The average molecular weight is 1150 g/mol. The van der Waals surface area contributed by atoms with Crippen LogP contribution >= 0.6 is 0 Å². The Morgan fingerprint density at radius 3 is 0.807 bits per heavy atom. The van der Waals surface area contributed by atoms with E-state index in [1.165, 1.54) is 116 Å². The third-order valence-electron chi connectivity index (χ3n) is 14.3. The van der Waals surface area contributed by atoms with E-state index in [1.807, 2.05) is 0 Å². The van der Waals surface area contributed by atoms with Crippen LogP contribution in [-0.4, -0.2) is 37.2 Å². The van der Waals surface area contributed by atoms with E-state index in [9.17, 15) is 14.4 Å². The van der Waals surface area contributed by atoms with Gasteiger partial charge in [-0.15, -0.1) is 0 Å². The van der Waals surface area contributed by atoms with Crippen LogP contribution in [0.3, 0.4) is 0 Å². The lowest BCUT2D eigenvalue weighted by molar-refractivity contribution is -0.167. The van der Waals surface area contributed by atoms with Crippen LogP contribution in [0.1, 0.15) is 303 Å². The van der Waals surface area contributed by atoms with E-state index < -0.39 is 6.10 Å². The van der Waals surface area contributed by atoms with Crippen molar-refractivity contribution in [3.63, 3.8) is 0 Å². The zero-order valence-electron chi connectivity index (χ0n) is 53.9.